The maximum atomic E-state index is 15.1. The lowest BCUT2D eigenvalue weighted by molar-refractivity contribution is -0.201. The van der Waals surface area contributed by atoms with Gasteiger partial charge in [-0.1, -0.05) is 41.9 Å². The van der Waals surface area contributed by atoms with Gasteiger partial charge in [0.05, 0.1) is 16.3 Å². The highest BCUT2D eigenvalue weighted by Gasteiger charge is 2.59. The molecule has 36 heavy (non-hydrogen) atoms. The number of alkyl halides is 5. The number of nitrogens with one attached hydrogen (secondary N) is 1. The lowest BCUT2D eigenvalue weighted by atomic mass is 9.82. The van der Waals surface area contributed by atoms with E-state index in [0.29, 0.717) is 13.0 Å². The van der Waals surface area contributed by atoms with E-state index in [0.717, 1.165) is 19.4 Å². The van der Waals surface area contributed by atoms with Crippen LogP contribution >= 0.6 is 11.6 Å². The Morgan fingerprint density at radius 3 is 2.03 bits per heavy atom. The highest BCUT2D eigenvalue weighted by Crippen LogP contribution is 2.43. The number of methoxy groups -OCH3 is 1. The van der Waals surface area contributed by atoms with Gasteiger partial charge in [0.2, 0.25) is 5.60 Å². The Morgan fingerprint density at radius 1 is 0.917 bits per heavy atom. The number of ether oxygens (including phenoxy) is 1. The molecule has 1 aromatic heterocycles. The number of hydrogen-bond acceptors (Lipinski definition) is 3. The molecule has 0 saturated heterocycles. The molecule has 0 radical (unpaired) electrons. The van der Waals surface area contributed by atoms with Crippen molar-refractivity contribution in [3.05, 3.63) is 100 Å². The van der Waals surface area contributed by atoms with Crippen molar-refractivity contribution in [2.45, 2.75) is 37.1 Å². The molecule has 0 fully saturated rings. The standard InChI is InChI=1S/C25H21ClF6N2O2/c1-22(20-10-9-18(26)14-33-20,16-11-17(25(30,31)32)13-19(27)12-16)34-21(35)24(36-3,23(2,28)29)15-7-5-4-6-8-15/h4-14H,1-3H3,(H,34,35)/t22-,24+/m1/s1. The second-order valence-electron chi connectivity index (χ2n) is 8.31. The van der Waals surface area contributed by atoms with Crippen molar-refractivity contribution in [1.82, 2.24) is 10.3 Å². The van der Waals surface area contributed by atoms with E-state index in [1.807, 2.05) is 0 Å². The molecule has 1 amide bonds. The van der Waals surface area contributed by atoms with Gasteiger partial charge in [-0.05, 0) is 48.4 Å². The van der Waals surface area contributed by atoms with Crippen molar-refractivity contribution in [3.63, 3.8) is 0 Å². The maximum Gasteiger partial charge on any atom is 0.416 e. The molecule has 0 aliphatic carbocycles. The smallest absolute Gasteiger partial charge is 0.359 e. The average molecular weight is 531 g/mol. The second kappa shape index (κ2) is 9.74. The largest absolute Gasteiger partial charge is 0.416 e. The zero-order valence-electron chi connectivity index (χ0n) is 19.3. The predicted octanol–water partition coefficient (Wildman–Crippen LogP) is 6.47. The molecule has 0 bridgehead atoms. The van der Waals surface area contributed by atoms with E-state index in [9.17, 15) is 22.4 Å². The number of halogens is 7. The normalized spacial score (nSPS) is 15.6. The first-order valence-corrected chi connectivity index (χ1v) is 10.8. The molecule has 3 aromatic rings. The van der Waals surface area contributed by atoms with E-state index in [1.54, 1.807) is 6.07 Å². The van der Waals surface area contributed by atoms with Gasteiger partial charge in [-0.25, -0.2) is 13.2 Å². The van der Waals surface area contributed by atoms with Crippen LogP contribution in [0, 0.1) is 5.82 Å². The van der Waals surface area contributed by atoms with Gasteiger partial charge in [0, 0.05) is 20.2 Å². The summed E-state index contributed by atoms with van der Waals surface area (Å²) in [7, 11) is 0.909. The number of amides is 1. The van der Waals surface area contributed by atoms with Crippen LogP contribution in [0.25, 0.3) is 0 Å². The van der Waals surface area contributed by atoms with E-state index in [2.05, 4.69) is 10.3 Å². The van der Waals surface area contributed by atoms with Gasteiger partial charge in [0.15, 0.2) is 0 Å². The first-order valence-electron chi connectivity index (χ1n) is 10.5. The summed E-state index contributed by atoms with van der Waals surface area (Å²) < 4.78 is 90.0. The van der Waals surface area contributed by atoms with Crippen molar-refractivity contribution in [3.8, 4) is 0 Å². The third-order valence-electron chi connectivity index (χ3n) is 5.83. The maximum absolute atomic E-state index is 15.1. The zero-order chi connectivity index (χ0) is 26.9. The second-order valence-corrected chi connectivity index (χ2v) is 8.74. The summed E-state index contributed by atoms with van der Waals surface area (Å²) in [6.07, 6.45) is -3.77. The molecule has 4 nitrogen and oxygen atoms in total. The highest BCUT2D eigenvalue weighted by molar-refractivity contribution is 6.30. The quantitative estimate of drug-likeness (QED) is 0.356. The fourth-order valence-electron chi connectivity index (χ4n) is 3.96. The van der Waals surface area contributed by atoms with Crippen molar-refractivity contribution < 1.29 is 35.9 Å². The van der Waals surface area contributed by atoms with Gasteiger partial charge in [0.25, 0.3) is 11.8 Å². The molecule has 2 aromatic carbocycles. The molecule has 1 heterocycles. The third kappa shape index (κ3) is 5.05. The summed E-state index contributed by atoms with van der Waals surface area (Å²) in [6.45, 7) is 1.69. The van der Waals surface area contributed by atoms with Gasteiger partial charge < -0.3 is 10.1 Å². The van der Waals surface area contributed by atoms with Gasteiger partial charge >= 0.3 is 6.18 Å². The first-order chi connectivity index (χ1) is 16.6. The van der Waals surface area contributed by atoms with Crippen LogP contribution in [0.15, 0.2) is 66.9 Å². The molecular formula is C25H21ClF6N2O2. The number of hydrogen-bond donors (Lipinski definition) is 1. The van der Waals surface area contributed by atoms with E-state index in [4.69, 9.17) is 16.3 Å². The Labute approximate surface area is 208 Å². The molecule has 0 spiro atoms. The highest BCUT2D eigenvalue weighted by atomic mass is 35.5. The lowest BCUT2D eigenvalue weighted by Gasteiger charge is -2.40. The summed E-state index contributed by atoms with van der Waals surface area (Å²) in [6, 6.07) is 11.2. The molecule has 0 aliphatic rings. The molecule has 0 unspecified atom stereocenters. The van der Waals surface area contributed by atoms with Crippen LogP contribution in [0.1, 0.15) is 36.2 Å². The number of nitrogens with zero attached hydrogens (tertiary/aromatic N) is 1. The monoisotopic (exact) mass is 530 g/mol. The number of carbonyl (C=O) groups is 1. The number of benzene rings is 2. The minimum atomic E-state index is -4.92. The van der Waals surface area contributed by atoms with Crippen LogP contribution in [0.5, 0.6) is 0 Å². The Kier molecular flexibility index (Phi) is 7.44. The fraction of sp³-hybridized carbons (Fsp3) is 0.280. The van der Waals surface area contributed by atoms with Crippen LogP contribution in [-0.2, 0) is 26.8 Å². The SMILES string of the molecule is CO[C@](C(=O)N[C@](C)(c1cc(F)cc(C(F)(F)F)c1)c1ccc(Cl)cn1)(c1ccccc1)C(C)(F)F. The van der Waals surface area contributed by atoms with E-state index >= 15 is 8.78 Å². The fourth-order valence-corrected chi connectivity index (χ4v) is 4.07. The van der Waals surface area contributed by atoms with Gasteiger partial charge in [0.1, 0.15) is 11.4 Å². The van der Waals surface area contributed by atoms with Crippen molar-refractivity contribution in [2.24, 2.45) is 0 Å². The van der Waals surface area contributed by atoms with E-state index < -0.39 is 46.1 Å². The Hall–Kier alpha value is -3.11. The van der Waals surface area contributed by atoms with Crippen LogP contribution < -0.4 is 5.32 Å². The molecule has 0 aliphatic heterocycles. The van der Waals surface area contributed by atoms with Crippen LogP contribution in [0.2, 0.25) is 5.02 Å². The number of pyridine rings is 1. The van der Waals surface area contributed by atoms with E-state index in [-0.39, 0.29) is 22.3 Å². The topological polar surface area (TPSA) is 51.2 Å². The minimum absolute atomic E-state index is 0.0866. The summed E-state index contributed by atoms with van der Waals surface area (Å²) in [5.74, 6) is -6.45. The lowest BCUT2D eigenvalue weighted by Crippen LogP contribution is -2.60. The summed E-state index contributed by atoms with van der Waals surface area (Å²) in [4.78, 5) is 17.7. The molecule has 11 heteroatoms. The molecule has 0 saturated carbocycles. The average Bonchev–Trinajstić information content (AvgIpc) is 2.79. The number of aromatic nitrogens is 1. The van der Waals surface area contributed by atoms with Crippen molar-refractivity contribution in [2.75, 3.05) is 7.11 Å². The first kappa shape index (κ1) is 27.5. The van der Waals surface area contributed by atoms with Gasteiger partial charge in [-0.3, -0.25) is 9.78 Å². The van der Waals surface area contributed by atoms with Crippen molar-refractivity contribution >= 4 is 17.5 Å². The van der Waals surface area contributed by atoms with Gasteiger partial charge in [-0.15, -0.1) is 0 Å². The Balaban J connectivity index is 2.26. The predicted molar refractivity (Wildman–Crippen MR) is 121 cm³/mol. The summed E-state index contributed by atoms with van der Waals surface area (Å²) in [5, 5.41) is 2.53. The van der Waals surface area contributed by atoms with Crippen LogP contribution in [0.4, 0.5) is 26.3 Å². The Morgan fingerprint density at radius 2 is 1.53 bits per heavy atom. The molecule has 2 atom stereocenters. The minimum Gasteiger partial charge on any atom is -0.359 e. The zero-order valence-corrected chi connectivity index (χ0v) is 20.0. The van der Waals surface area contributed by atoms with Crippen LogP contribution in [0.3, 0.4) is 0 Å². The number of carbonyl (C=O) groups excluding carboxylic acids is 1. The third-order valence-corrected chi connectivity index (χ3v) is 6.05. The molecule has 3 rings (SSSR count). The Bertz CT molecular complexity index is 1230. The summed E-state index contributed by atoms with van der Waals surface area (Å²) in [5.41, 5.74) is -6.93. The van der Waals surface area contributed by atoms with Gasteiger partial charge in [-0.2, -0.15) is 13.2 Å². The molecule has 192 valence electrons. The van der Waals surface area contributed by atoms with E-state index in [1.165, 1.54) is 43.3 Å². The molecular weight excluding hydrogens is 510 g/mol. The molecule has 1 N–H and O–H groups in total. The summed E-state index contributed by atoms with van der Waals surface area (Å²) >= 11 is 5.88. The van der Waals surface area contributed by atoms with Crippen molar-refractivity contribution in [1.29, 1.82) is 0 Å². The van der Waals surface area contributed by atoms with Crippen LogP contribution in [-0.4, -0.2) is 23.9 Å². The number of rotatable bonds is 7.